The van der Waals surface area contributed by atoms with Gasteiger partial charge < -0.3 is 24.5 Å². The molecule has 0 unspecified atom stereocenters. The number of imidazole rings is 1. The quantitative estimate of drug-likeness (QED) is 0.113. The van der Waals surface area contributed by atoms with Gasteiger partial charge in [0.05, 0.1) is 18.8 Å². The molecule has 10 nitrogen and oxygen atoms in total. The average molecular weight is 555 g/mol. The first-order chi connectivity index (χ1) is 18.9. The maximum Gasteiger partial charge on any atom is 0.243 e. The Kier molecular flexibility index (Phi) is 10.5. The Hall–Kier alpha value is -3.22. The number of hydroxylamine groups is 1. The molecule has 4 rings (SSSR count). The summed E-state index contributed by atoms with van der Waals surface area (Å²) in [5.41, 5.74) is 4.95. The first-order valence-electron chi connectivity index (χ1n) is 12.9. The van der Waals surface area contributed by atoms with Gasteiger partial charge in [-0.2, -0.15) is 0 Å². The molecule has 3 aromatic rings. The minimum Gasteiger partial charge on any atom is -0.392 e. The number of anilines is 1. The number of nitrogens with zero attached hydrogens (tertiary/aromatic N) is 2. The molecule has 39 heavy (non-hydrogen) atoms. The smallest absolute Gasteiger partial charge is 0.243 e. The number of aliphatic hydroxyl groups is 1. The number of aromatic nitrogens is 2. The summed E-state index contributed by atoms with van der Waals surface area (Å²) >= 11 is 1.64. The summed E-state index contributed by atoms with van der Waals surface area (Å²) in [6, 6.07) is 15.2. The van der Waals surface area contributed by atoms with Crippen molar-refractivity contribution >= 4 is 29.3 Å². The van der Waals surface area contributed by atoms with Crippen LogP contribution < -0.4 is 10.8 Å². The zero-order valence-corrected chi connectivity index (χ0v) is 22.6. The Morgan fingerprint density at radius 1 is 1.03 bits per heavy atom. The van der Waals surface area contributed by atoms with Gasteiger partial charge in [0.1, 0.15) is 0 Å². The minimum absolute atomic E-state index is 0.00970. The number of nitrogens with one attached hydrogen (secondary N) is 2. The number of unbranched alkanes of at least 4 members (excludes halogenated alkanes) is 1. The molecule has 3 atom stereocenters. The van der Waals surface area contributed by atoms with Crippen LogP contribution in [0.3, 0.4) is 0 Å². The van der Waals surface area contributed by atoms with Crippen LogP contribution in [0.2, 0.25) is 0 Å². The predicted octanol–water partition coefficient (Wildman–Crippen LogP) is 4.25. The second kappa shape index (κ2) is 14.2. The van der Waals surface area contributed by atoms with E-state index >= 15 is 0 Å². The van der Waals surface area contributed by atoms with Crippen LogP contribution in [0.25, 0.3) is 0 Å². The molecule has 0 radical (unpaired) electrons. The highest BCUT2D eigenvalue weighted by molar-refractivity contribution is 7.99. The topological polar surface area (TPSA) is 135 Å². The van der Waals surface area contributed by atoms with E-state index in [-0.39, 0.29) is 37.6 Å². The molecule has 11 heteroatoms. The van der Waals surface area contributed by atoms with Crippen LogP contribution in [0, 0.1) is 0 Å². The van der Waals surface area contributed by atoms with Crippen LogP contribution in [-0.4, -0.2) is 43.5 Å². The third-order valence-corrected chi connectivity index (χ3v) is 7.63. The van der Waals surface area contributed by atoms with Gasteiger partial charge in [-0.15, -0.1) is 0 Å². The third-order valence-electron chi connectivity index (χ3n) is 6.44. The van der Waals surface area contributed by atoms with Crippen molar-refractivity contribution in [2.45, 2.75) is 62.4 Å². The highest BCUT2D eigenvalue weighted by atomic mass is 32.2. The summed E-state index contributed by atoms with van der Waals surface area (Å²) in [7, 11) is 1.96. The third kappa shape index (κ3) is 8.38. The van der Waals surface area contributed by atoms with Gasteiger partial charge in [0.2, 0.25) is 11.8 Å². The van der Waals surface area contributed by atoms with Crippen LogP contribution in [0.1, 0.15) is 61.2 Å². The van der Waals surface area contributed by atoms with E-state index in [9.17, 15) is 14.7 Å². The summed E-state index contributed by atoms with van der Waals surface area (Å²) in [5.74, 6) is 0.111. The standard InChI is InChI=1S/C28H34N4O6S/c1-32-15-14-29-28(32)39-18-23-16-24(20-8-6-19(17-33)7-9-20)38-27(37-23)21-10-12-22(13-11-21)30-25(34)4-2-3-5-26(35)31-36/h6-15,23-24,27,33,36H,2-5,16-18H2,1H3,(H,30,34)(H,31,35)/t23-,24+,27+/m1/s1. The molecule has 2 heterocycles. The summed E-state index contributed by atoms with van der Waals surface area (Å²) in [6.45, 7) is -0.00970. The normalized spacial score (nSPS) is 19.0. The first kappa shape index (κ1) is 28.8. The number of hydrogen-bond donors (Lipinski definition) is 4. The van der Waals surface area contributed by atoms with Crippen LogP contribution >= 0.6 is 11.8 Å². The SMILES string of the molecule is Cn1ccnc1SC[C@H]1C[C@@H](c2ccc(CO)cc2)O[C@@H](c2ccc(NC(=O)CCCCC(=O)NO)cc2)O1. The molecule has 1 fully saturated rings. The first-order valence-corrected chi connectivity index (χ1v) is 13.9. The van der Waals surface area contributed by atoms with E-state index in [0.29, 0.717) is 30.7 Å². The number of rotatable bonds is 12. The number of ether oxygens (including phenoxy) is 2. The van der Waals surface area contributed by atoms with Gasteiger partial charge in [-0.25, -0.2) is 10.5 Å². The molecule has 1 aliphatic rings. The number of carbonyl (C=O) groups is 2. The molecule has 2 aromatic carbocycles. The molecule has 0 aliphatic carbocycles. The van der Waals surface area contributed by atoms with Crippen molar-refractivity contribution in [2.24, 2.45) is 7.05 Å². The summed E-state index contributed by atoms with van der Waals surface area (Å²) in [4.78, 5) is 27.7. The number of amides is 2. The highest BCUT2D eigenvalue weighted by Gasteiger charge is 2.32. The molecule has 0 spiro atoms. The van der Waals surface area contributed by atoms with E-state index < -0.39 is 12.2 Å². The van der Waals surface area contributed by atoms with Crippen molar-refractivity contribution in [2.75, 3.05) is 11.1 Å². The molecule has 1 aromatic heterocycles. The molecule has 1 saturated heterocycles. The molecule has 208 valence electrons. The van der Waals surface area contributed by atoms with Gasteiger partial charge in [-0.1, -0.05) is 48.2 Å². The van der Waals surface area contributed by atoms with Gasteiger partial charge in [-0.05, 0) is 36.1 Å². The lowest BCUT2D eigenvalue weighted by atomic mass is 10.0. The van der Waals surface area contributed by atoms with Crippen LogP contribution in [0.15, 0.2) is 66.1 Å². The Balaban J connectivity index is 1.39. The van der Waals surface area contributed by atoms with Crippen molar-refractivity contribution in [3.8, 4) is 0 Å². The van der Waals surface area contributed by atoms with Crippen LogP contribution in [0.4, 0.5) is 5.69 Å². The van der Waals surface area contributed by atoms with Gasteiger partial charge in [0.25, 0.3) is 0 Å². The molecular formula is C28H34N4O6S. The molecule has 4 N–H and O–H groups in total. The Morgan fingerprint density at radius 3 is 2.36 bits per heavy atom. The molecule has 2 amide bonds. The zero-order valence-electron chi connectivity index (χ0n) is 21.8. The number of aliphatic hydroxyl groups excluding tert-OH is 1. The van der Waals surface area contributed by atoms with E-state index in [2.05, 4.69) is 10.3 Å². The van der Waals surface area contributed by atoms with Crippen molar-refractivity contribution in [1.82, 2.24) is 15.0 Å². The number of benzene rings is 2. The van der Waals surface area contributed by atoms with Crippen molar-refractivity contribution < 1.29 is 29.4 Å². The van der Waals surface area contributed by atoms with Crippen LogP contribution in [-0.2, 0) is 32.7 Å². The number of carbonyl (C=O) groups excluding carboxylic acids is 2. The van der Waals surface area contributed by atoms with Crippen molar-refractivity contribution in [3.05, 3.63) is 77.6 Å². The van der Waals surface area contributed by atoms with E-state index in [1.165, 1.54) is 0 Å². The van der Waals surface area contributed by atoms with Crippen molar-refractivity contribution in [3.63, 3.8) is 0 Å². The van der Waals surface area contributed by atoms with E-state index in [1.807, 2.05) is 66.3 Å². The van der Waals surface area contributed by atoms with E-state index in [0.717, 1.165) is 21.8 Å². The highest BCUT2D eigenvalue weighted by Crippen LogP contribution is 2.39. The zero-order chi connectivity index (χ0) is 27.6. The van der Waals surface area contributed by atoms with Crippen LogP contribution in [0.5, 0.6) is 0 Å². The van der Waals surface area contributed by atoms with E-state index in [4.69, 9.17) is 14.7 Å². The maximum atomic E-state index is 12.3. The molecular weight excluding hydrogens is 520 g/mol. The fraction of sp³-hybridized carbons (Fsp3) is 0.393. The number of thioether (sulfide) groups is 1. The van der Waals surface area contributed by atoms with Gasteiger partial charge >= 0.3 is 0 Å². The number of aryl methyl sites for hydroxylation is 1. The average Bonchev–Trinajstić information content (AvgIpc) is 3.38. The lowest BCUT2D eigenvalue weighted by Crippen LogP contribution is -2.31. The second-order valence-corrected chi connectivity index (χ2v) is 10.4. The van der Waals surface area contributed by atoms with Gasteiger partial charge in [-0.3, -0.25) is 14.8 Å². The van der Waals surface area contributed by atoms with Gasteiger partial charge in [0, 0.05) is 55.7 Å². The summed E-state index contributed by atoms with van der Waals surface area (Å²) < 4.78 is 14.7. The monoisotopic (exact) mass is 554 g/mol. The Bertz CT molecular complexity index is 1220. The summed E-state index contributed by atoms with van der Waals surface area (Å²) in [5, 5.41) is 21.7. The van der Waals surface area contributed by atoms with E-state index in [1.54, 1.807) is 23.4 Å². The minimum atomic E-state index is -0.587. The largest absolute Gasteiger partial charge is 0.392 e. The lowest BCUT2D eigenvalue weighted by Gasteiger charge is -2.36. The fourth-order valence-electron chi connectivity index (χ4n) is 4.26. The lowest BCUT2D eigenvalue weighted by molar-refractivity contribution is -0.245. The molecule has 1 aliphatic heterocycles. The fourth-order valence-corrected chi connectivity index (χ4v) is 5.20. The van der Waals surface area contributed by atoms with Crippen molar-refractivity contribution in [1.29, 1.82) is 0 Å². The summed E-state index contributed by atoms with van der Waals surface area (Å²) in [6.07, 6.45) is 5.02. The Labute approximate surface area is 231 Å². The number of hydrogen-bond acceptors (Lipinski definition) is 8. The molecule has 0 bridgehead atoms. The second-order valence-electron chi connectivity index (χ2n) is 9.39. The maximum absolute atomic E-state index is 12.3. The molecule has 0 saturated carbocycles. The van der Waals surface area contributed by atoms with Gasteiger partial charge in [0.15, 0.2) is 11.4 Å². The Morgan fingerprint density at radius 2 is 1.72 bits per heavy atom. The predicted molar refractivity (Wildman–Crippen MR) is 146 cm³/mol.